The van der Waals surface area contributed by atoms with Crippen molar-refractivity contribution in [2.45, 2.75) is 57.1 Å². The molecule has 0 spiro atoms. The summed E-state index contributed by atoms with van der Waals surface area (Å²) in [5.41, 5.74) is 0.965. The average molecular weight is 317 g/mol. The molecule has 1 aliphatic carbocycles. The van der Waals surface area contributed by atoms with Crippen molar-refractivity contribution in [1.82, 2.24) is 5.32 Å². The summed E-state index contributed by atoms with van der Waals surface area (Å²) in [6.07, 6.45) is 2.89. The summed E-state index contributed by atoms with van der Waals surface area (Å²) in [6, 6.07) is 5.90. The zero-order chi connectivity index (χ0) is 16.7. The molecular weight excluding hydrogens is 294 g/mol. The van der Waals surface area contributed by atoms with E-state index >= 15 is 0 Å². The second kappa shape index (κ2) is 5.55. The minimum absolute atomic E-state index is 0.385. The van der Waals surface area contributed by atoms with Gasteiger partial charge in [0.15, 0.2) is 0 Å². The van der Waals surface area contributed by atoms with Gasteiger partial charge < -0.3 is 19.6 Å². The number of rotatable bonds is 4. The van der Waals surface area contributed by atoms with E-state index in [1.165, 1.54) is 5.56 Å². The van der Waals surface area contributed by atoms with Gasteiger partial charge in [0.1, 0.15) is 17.6 Å². The number of alkyl carbamates (subject to hydrolysis) is 1. The second-order valence-corrected chi connectivity index (χ2v) is 7.36. The summed E-state index contributed by atoms with van der Waals surface area (Å²) in [7, 11) is 0. The molecule has 23 heavy (non-hydrogen) atoms. The molecule has 1 unspecified atom stereocenters. The lowest BCUT2D eigenvalue weighted by molar-refractivity contribution is -0.109. The first-order valence-electron chi connectivity index (χ1n) is 8.05. The summed E-state index contributed by atoms with van der Waals surface area (Å²) < 4.78 is 10.9. The zero-order valence-corrected chi connectivity index (χ0v) is 13.8. The lowest BCUT2D eigenvalue weighted by atomic mass is 9.89. The summed E-state index contributed by atoms with van der Waals surface area (Å²) in [5.74, 6) is 0.465. The first-order chi connectivity index (χ1) is 10.8. The molecule has 1 amide bonds. The Bertz CT molecular complexity index is 628. The van der Waals surface area contributed by atoms with Gasteiger partial charge in [-0.15, -0.1) is 0 Å². The van der Waals surface area contributed by atoms with E-state index in [9.17, 15) is 9.59 Å². The molecule has 1 heterocycles. The van der Waals surface area contributed by atoms with E-state index in [0.717, 1.165) is 36.9 Å². The lowest BCUT2D eigenvalue weighted by Gasteiger charge is -2.27. The fourth-order valence-corrected chi connectivity index (χ4v) is 3.06. The van der Waals surface area contributed by atoms with E-state index in [2.05, 4.69) is 5.32 Å². The highest BCUT2D eigenvalue weighted by Crippen LogP contribution is 2.47. The topological polar surface area (TPSA) is 64.6 Å². The smallest absolute Gasteiger partial charge is 0.408 e. The monoisotopic (exact) mass is 317 g/mol. The third-order valence-electron chi connectivity index (χ3n) is 4.35. The summed E-state index contributed by atoms with van der Waals surface area (Å²) in [4.78, 5) is 23.8. The van der Waals surface area contributed by atoms with E-state index in [0.29, 0.717) is 6.61 Å². The molecule has 3 rings (SSSR count). The van der Waals surface area contributed by atoms with Crippen LogP contribution in [0.3, 0.4) is 0 Å². The Morgan fingerprint density at radius 3 is 2.74 bits per heavy atom. The Kier molecular flexibility index (Phi) is 3.82. The minimum Gasteiger partial charge on any atom is -0.493 e. The predicted octanol–water partition coefficient (Wildman–Crippen LogP) is 2.96. The number of ether oxygens (including phenoxy) is 2. The molecule has 5 nitrogen and oxygen atoms in total. The quantitative estimate of drug-likeness (QED) is 0.867. The fraction of sp³-hybridized carbons (Fsp3) is 0.556. The largest absolute Gasteiger partial charge is 0.493 e. The molecule has 1 aromatic rings. The van der Waals surface area contributed by atoms with Crippen LogP contribution in [0.15, 0.2) is 18.2 Å². The number of nitrogens with one attached hydrogen (secondary N) is 1. The number of aldehydes is 1. The van der Waals surface area contributed by atoms with Gasteiger partial charge >= 0.3 is 6.09 Å². The molecule has 1 saturated carbocycles. The number of benzene rings is 1. The van der Waals surface area contributed by atoms with Crippen molar-refractivity contribution in [2.75, 3.05) is 6.61 Å². The highest BCUT2D eigenvalue weighted by atomic mass is 16.6. The average Bonchev–Trinajstić information content (AvgIpc) is 3.04. The van der Waals surface area contributed by atoms with Crippen LogP contribution in [0, 0.1) is 0 Å². The fourth-order valence-electron chi connectivity index (χ4n) is 3.06. The van der Waals surface area contributed by atoms with Crippen LogP contribution in [0.5, 0.6) is 5.75 Å². The number of carbonyl (C=O) groups excluding carboxylic acids is 2. The van der Waals surface area contributed by atoms with Crippen LogP contribution < -0.4 is 10.1 Å². The van der Waals surface area contributed by atoms with Gasteiger partial charge in [-0.2, -0.15) is 0 Å². The zero-order valence-electron chi connectivity index (χ0n) is 13.8. The highest BCUT2D eigenvalue weighted by molar-refractivity contribution is 5.74. The van der Waals surface area contributed by atoms with Crippen LogP contribution >= 0.6 is 0 Å². The summed E-state index contributed by atoms with van der Waals surface area (Å²) in [5, 5.41) is 2.91. The van der Waals surface area contributed by atoms with Crippen LogP contribution in [0.2, 0.25) is 0 Å². The Morgan fingerprint density at radius 1 is 1.39 bits per heavy atom. The third kappa shape index (κ3) is 3.33. The molecule has 0 aromatic heterocycles. The second-order valence-electron chi connectivity index (χ2n) is 7.36. The Morgan fingerprint density at radius 2 is 2.13 bits per heavy atom. The third-order valence-corrected chi connectivity index (χ3v) is 4.35. The normalized spacial score (nSPS) is 19.3. The molecule has 1 fully saturated rings. The molecule has 1 N–H and O–H groups in total. The van der Waals surface area contributed by atoms with E-state index < -0.39 is 17.2 Å². The number of hydrogen-bond acceptors (Lipinski definition) is 4. The van der Waals surface area contributed by atoms with E-state index in [4.69, 9.17) is 9.47 Å². The minimum atomic E-state index is -0.557. The first-order valence-corrected chi connectivity index (χ1v) is 8.05. The molecule has 5 heteroatoms. The number of fused-ring (bicyclic) bond motifs is 1. The van der Waals surface area contributed by atoms with Gasteiger partial charge in [-0.25, -0.2) is 4.79 Å². The molecular formula is C18H23NO4. The predicted molar refractivity (Wildman–Crippen MR) is 85.8 cm³/mol. The lowest BCUT2D eigenvalue weighted by Crippen LogP contribution is -2.44. The van der Waals surface area contributed by atoms with Gasteiger partial charge in [-0.3, -0.25) is 0 Å². The molecule has 1 aromatic carbocycles. The van der Waals surface area contributed by atoms with Crippen molar-refractivity contribution in [3.05, 3.63) is 29.3 Å². The maximum Gasteiger partial charge on any atom is 0.408 e. The van der Waals surface area contributed by atoms with Gasteiger partial charge in [0.25, 0.3) is 0 Å². The highest BCUT2D eigenvalue weighted by Gasteiger charge is 2.52. The van der Waals surface area contributed by atoms with Crippen molar-refractivity contribution in [3.8, 4) is 5.75 Å². The Balaban J connectivity index is 1.78. The molecule has 0 bridgehead atoms. The van der Waals surface area contributed by atoms with Gasteiger partial charge in [-0.05, 0) is 50.8 Å². The van der Waals surface area contributed by atoms with Gasteiger partial charge in [0.2, 0.25) is 0 Å². The van der Waals surface area contributed by atoms with Crippen molar-refractivity contribution < 1.29 is 19.1 Å². The molecule has 124 valence electrons. The standard InChI is InChI=1S/C18H23NO4/c1-17(2,3)23-16(21)19-18(7-8-18)14(11-20)13-5-4-12-6-9-22-15(12)10-13/h4-5,10-11,14H,6-9H2,1-3H3,(H,19,21). The SMILES string of the molecule is CC(C)(C)OC(=O)NC1(C(C=O)c2ccc3c(c2)OCC3)CC1. The van der Waals surface area contributed by atoms with Gasteiger partial charge in [-0.1, -0.05) is 12.1 Å². The molecule has 2 aliphatic rings. The molecule has 0 saturated heterocycles. The van der Waals surface area contributed by atoms with E-state index in [1.807, 2.05) is 39.0 Å². The van der Waals surface area contributed by atoms with Gasteiger partial charge in [0.05, 0.1) is 18.1 Å². The van der Waals surface area contributed by atoms with Crippen LogP contribution in [0.25, 0.3) is 0 Å². The maximum absolute atomic E-state index is 12.1. The molecule has 1 atom stereocenters. The van der Waals surface area contributed by atoms with Crippen LogP contribution in [-0.4, -0.2) is 30.1 Å². The Labute approximate surface area is 136 Å². The molecule has 1 aliphatic heterocycles. The Hall–Kier alpha value is -2.04. The van der Waals surface area contributed by atoms with Crippen LogP contribution in [-0.2, 0) is 16.0 Å². The van der Waals surface area contributed by atoms with Crippen molar-refractivity contribution in [1.29, 1.82) is 0 Å². The first kappa shape index (κ1) is 15.8. The summed E-state index contributed by atoms with van der Waals surface area (Å²) in [6.45, 7) is 6.15. The van der Waals surface area contributed by atoms with Crippen molar-refractivity contribution in [3.63, 3.8) is 0 Å². The van der Waals surface area contributed by atoms with E-state index in [-0.39, 0.29) is 5.92 Å². The summed E-state index contributed by atoms with van der Waals surface area (Å²) >= 11 is 0. The number of carbonyl (C=O) groups is 2. The number of amides is 1. The van der Waals surface area contributed by atoms with Gasteiger partial charge in [0, 0.05) is 6.42 Å². The maximum atomic E-state index is 12.1. The van der Waals surface area contributed by atoms with Crippen LogP contribution in [0.1, 0.15) is 50.7 Å². The van der Waals surface area contributed by atoms with E-state index in [1.54, 1.807) is 0 Å². The van der Waals surface area contributed by atoms with Crippen molar-refractivity contribution in [2.24, 2.45) is 0 Å². The number of hydrogen-bond donors (Lipinski definition) is 1. The van der Waals surface area contributed by atoms with Crippen molar-refractivity contribution >= 4 is 12.4 Å². The van der Waals surface area contributed by atoms with Crippen LogP contribution in [0.4, 0.5) is 4.79 Å². The molecule has 0 radical (unpaired) electrons.